The number of carboxylic acids is 1. The zero-order valence-corrected chi connectivity index (χ0v) is 10.9. The lowest BCUT2D eigenvalue weighted by Crippen LogP contribution is -2.47. The number of carboxylic acid groups (broad SMARTS) is 1. The van der Waals surface area contributed by atoms with Crippen LogP contribution in [-0.2, 0) is 14.6 Å². The number of hydrogen-bond acceptors (Lipinski definition) is 5. The van der Waals surface area contributed by atoms with Crippen molar-refractivity contribution in [2.24, 2.45) is 5.92 Å². The summed E-state index contributed by atoms with van der Waals surface area (Å²) in [5.41, 5.74) is 0. The summed E-state index contributed by atoms with van der Waals surface area (Å²) >= 11 is 0. The quantitative estimate of drug-likeness (QED) is 0.675. The Morgan fingerprint density at radius 1 is 1.41 bits per heavy atom. The fourth-order valence-corrected chi connectivity index (χ4v) is 3.95. The van der Waals surface area contributed by atoms with E-state index in [-0.39, 0.29) is 24.0 Å². The lowest BCUT2D eigenvalue weighted by atomic mass is 10.1. The van der Waals surface area contributed by atoms with Crippen molar-refractivity contribution in [3.05, 3.63) is 0 Å². The summed E-state index contributed by atoms with van der Waals surface area (Å²) in [4.78, 5) is 12.3. The van der Waals surface area contributed by atoms with E-state index >= 15 is 0 Å². The number of nitrogens with zero attached hydrogens (tertiary/aromatic N) is 1. The van der Waals surface area contributed by atoms with Crippen LogP contribution in [0, 0.1) is 5.92 Å². The predicted molar refractivity (Wildman–Crippen MR) is 62.5 cm³/mol. The Kier molecular flexibility index (Phi) is 4.51. The van der Waals surface area contributed by atoms with Gasteiger partial charge in [-0.3, -0.25) is 9.69 Å². The number of rotatable bonds is 5. The van der Waals surface area contributed by atoms with Gasteiger partial charge in [0.15, 0.2) is 9.84 Å². The largest absolute Gasteiger partial charge is 0.480 e. The van der Waals surface area contributed by atoms with Gasteiger partial charge in [0.05, 0.1) is 30.2 Å². The van der Waals surface area contributed by atoms with E-state index in [9.17, 15) is 18.3 Å². The molecular formula is C10H19NO5S. The molecule has 1 fully saturated rings. The van der Waals surface area contributed by atoms with Crippen LogP contribution in [0.1, 0.15) is 13.8 Å². The molecule has 6 nitrogen and oxygen atoms in total. The van der Waals surface area contributed by atoms with Crippen LogP contribution < -0.4 is 0 Å². The molecule has 0 amide bonds. The van der Waals surface area contributed by atoms with Crippen LogP contribution in [0.3, 0.4) is 0 Å². The van der Waals surface area contributed by atoms with E-state index in [0.717, 1.165) is 0 Å². The van der Waals surface area contributed by atoms with Crippen LogP contribution in [-0.4, -0.2) is 66.2 Å². The van der Waals surface area contributed by atoms with Crippen molar-refractivity contribution in [3.8, 4) is 0 Å². The molecule has 0 aromatic carbocycles. The molecule has 0 radical (unpaired) electrons. The first-order valence-corrected chi connectivity index (χ1v) is 7.37. The molecule has 0 aromatic heterocycles. The minimum Gasteiger partial charge on any atom is -0.480 e. The molecule has 0 aliphatic carbocycles. The number of sulfone groups is 1. The number of aliphatic carboxylic acids is 1. The Labute approximate surface area is 101 Å². The van der Waals surface area contributed by atoms with Crippen LogP contribution in [0.4, 0.5) is 0 Å². The first kappa shape index (κ1) is 14.4. The van der Waals surface area contributed by atoms with Gasteiger partial charge in [-0.05, 0) is 5.92 Å². The molecule has 0 bridgehead atoms. The molecule has 0 spiro atoms. The van der Waals surface area contributed by atoms with Crippen molar-refractivity contribution < 1.29 is 23.4 Å². The lowest BCUT2D eigenvalue weighted by Gasteiger charge is -2.29. The van der Waals surface area contributed by atoms with Gasteiger partial charge in [-0.1, -0.05) is 13.8 Å². The molecule has 0 saturated carbocycles. The summed E-state index contributed by atoms with van der Waals surface area (Å²) in [6.07, 6.45) is -0.988. The van der Waals surface area contributed by atoms with Gasteiger partial charge < -0.3 is 10.2 Å². The maximum atomic E-state index is 11.4. The van der Waals surface area contributed by atoms with Crippen LogP contribution in [0.5, 0.6) is 0 Å². The third-order valence-electron chi connectivity index (χ3n) is 2.70. The van der Waals surface area contributed by atoms with E-state index in [1.165, 1.54) is 0 Å². The first-order valence-electron chi connectivity index (χ1n) is 5.55. The third-order valence-corrected chi connectivity index (χ3v) is 4.40. The highest BCUT2D eigenvalue weighted by Gasteiger charge is 2.40. The molecule has 2 unspecified atom stereocenters. The van der Waals surface area contributed by atoms with Crippen molar-refractivity contribution in [1.29, 1.82) is 0 Å². The normalized spacial score (nSPS) is 27.8. The molecule has 17 heavy (non-hydrogen) atoms. The average molecular weight is 265 g/mol. The fraction of sp³-hybridized carbons (Fsp3) is 0.900. The molecule has 1 aliphatic heterocycles. The zero-order valence-electron chi connectivity index (χ0n) is 10.0. The minimum absolute atomic E-state index is 0.159. The molecule has 1 saturated heterocycles. The van der Waals surface area contributed by atoms with Crippen LogP contribution >= 0.6 is 0 Å². The van der Waals surface area contributed by atoms with Gasteiger partial charge >= 0.3 is 5.97 Å². The second-order valence-corrected chi connectivity index (χ2v) is 7.08. The minimum atomic E-state index is -3.25. The second kappa shape index (κ2) is 5.32. The Bertz CT molecular complexity index is 378. The fourth-order valence-electron chi connectivity index (χ4n) is 2.12. The van der Waals surface area contributed by atoms with Gasteiger partial charge in [0.2, 0.25) is 0 Å². The molecule has 1 aliphatic rings. The Morgan fingerprint density at radius 2 is 2.00 bits per heavy atom. The second-order valence-electron chi connectivity index (χ2n) is 4.93. The van der Waals surface area contributed by atoms with Crippen molar-refractivity contribution >= 4 is 15.8 Å². The molecule has 2 atom stereocenters. The lowest BCUT2D eigenvalue weighted by molar-refractivity contribution is -0.139. The van der Waals surface area contributed by atoms with Gasteiger partial charge in [-0.25, -0.2) is 8.42 Å². The van der Waals surface area contributed by atoms with Crippen LogP contribution in [0.15, 0.2) is 0 Å². The number of aliphatic hydroxyl groups excluding tert-OH is 1. The van der Waals surface area contributed by atoms with E-state index < -0.39 is 28.0 Å². The highest BCUT2D eigenvalue weighted by Crippen LogP contribution is 2.19. The first-order chi connectivity index (χ1) is 7.71. The Hall–Kier alpha value is -0.660. The summed E-state index contributed by atoms with van der Waals surface area (Å²) in [7, 11) is -3.25. The van der Waals surface area contributed by atoms with Crippen molar-refractivity contribution in [3.63, 3.8) is 0 Å². The maximum Gasteiger partial charge on any atom is 0.317 e. The van der Waals surface area contributed by atoms with E-state index in [0.29, 0.717) is 6.54 Å². The summed E-state index contributed by atoms with van der Waals surface area (Å²) < 4.78 is 22.8. The Balaban J connectivity index is 2.79. The van der Waals surface area contributed by atoms with Gasteiger partial charge in [0, 0.05) is 6.54 Å². The van der Waals surface area contributed by atoms with Gasteiger partial charge in [0.25, 0.3) is 0 Å². The summed E-state index contributed by atoms with van der Waals surface area (Å²) in [6, 6.07) is -0.599. The Morgan fingerprint density at radius 3 is 2.35 bits per heavy atom. The highest BCUT2D eigenvalue weighted by molar-refractivity contribution is 7.91. The molecule has 7 heteroatoms. The van der Waals surface area contributed by atoms with E-state index in [1.807, 2.05) is 13.8 Å². The number of hydrogen-bond donors (Lipinski definition) is 2. The van der Waals surface area contributed by atoms with E-state index in [4.69, 9.17) is 5.11 Å². The monoisotopic (exact) mass is 265 g/mol. The van der Waals surface area contributed by atoms with Gasteiger partial charge in [-0.15, -0.1) is 0 Å². The molecule has 0 aromatic rings. The summed E-state index contributed by atoms with van der Waals surface area (Å²) in [6.45, 7) is 4.06. The molecule has 100 valence electrons. The predicted octanol–water partition coefficient (Wildman–Crippen LogP) is -0.813. The molecule has 2 N–H and O–H groups in total. The number of aliphatic hydroxyl groups is 1. The van der Waals surface area contributed by atoms with E-state index in [2.05, 4.69) is 0 Å². The average Bonchev–Trinajstić information content (AvgIpc) is 2.36. The number of carbonyl (C=O) groups is 1. The summed E-state index contributed by atoms with van der Waals surface area (Å²) in [5, 5.41) is 18.5. The van der Waals surface area contributed by atoms with Crippen molar-refractivity contribution in [2.75, 3.05) is 24.6 Å². The summed E-state index contributed by atoms with van der Waals surface area (Å²) in [5.74, 6) is -1.23. The maximum absolute atomic E-state index is 11.4. The molecular weight excluding hydrogens is 246 g/mol. The standard InChI is InChI=1S/C10H19NO5S/c1-7(2)3-11(4-10(13)14)8-5-17(15,16)6-9(8)12/h7-9,12H,3-6H2,1-2H3,(H,13,14). The van der Waals surface area contributed by atoms with Crippen LogP contribution in [0.25, 0.3) is 0 Å². The zero-order chi connectivity index (χ0) is 13.2. The smallest absolute Gasteiger partial charge is 0.317 e. The van der Waals surface area contributed by atoms with Gasteiger partial charge in [0.1, 0.15) is 0 Å². The SMILES string of the molecule is CC(C)CN(CC(=O)O)C1CS(=O)(=O)CC1O. The molecule has 1 rings (SSSR count). The third kappa shape index (κ3) is 4.25. The highest BCUT2D eigenvalue weighted by atomic mass is 32.2. The van der Waals surface area contributed by atoms with Crippen molar-refractivity contribution in [2.45, 2.75) is 26.0 Å². The van der Waals surface area contributed by atoms with Gasteiger partial charge in [-0.2, -0.15) is 0 Å². The molecule has 1 heterocycles. The topological polar surface area (TPSA) is 94.9 Å². The van der Waals surface area contributed by atoms with Crippen molar-refractivity contribution in [1.82, 2.24) is 4.90 Å². The van der Waals surface area contributed by atoms with E-state index in [1.54, 1.807) is 4.90 Å². The van der Waals surface area contributed by atoms with Crippen LogP contribution in [0.2, 0.25) is 0 Å².